The van der Waals surface area contributed by atoms with Crippen molar-refractivity contribution in [1.29, 1.82) is 0 Å². The molecular formula is C5H6F6N2S. The summed E-state index contributed by atoms with van der Waals surface area (Å²) < 4.78 is 71.8. The van der Waals surface area contributed by atoms with E-state index < -0.39 is 35.5 Å². The normalized spacial score (nSPS) is 15.7. The van der Waals surface area contributed by atoms with Crippen LogP contribution in [0.2, 0.25) is 0 Å². The lowest BCUT2D eigenvalue weighted by molar-refractivity contribution is -0.101. The number of thiocarbonyl (C=S) groups is 1. The van der Waals surface area contributed by atoms with E-state index in [1.807, 2.05) is 0 Å². The Hall–Kier alpha value is -0.730. The first-order valence-corrected chi connectivity index (χ1v) is 3.62. The van der Waals surface area contributed by atoms with Gasteiger partial charge in [0.1, 0.15) is 0 Å². The van der Waals surface area contributed by atoms with Gasteiger partial charge in [0.2, 0.25) is 12.6 Å². The van der Waals surface area contributed by atoms with Crippen LogP contribution in [0.15, 0.2) is 0 Å². The summed E-state index contributed by atoms with van der Waals surface area (Å²) in [6, 6.07) is 0. The van der Waals surface area contributed by atoms with Crippen LogP contribution in [0.3, 0.4) is 0 Å². The van der Waals surface area contributed by atoms with E-state index in [4.69, 9.17) is 0 Å². The molecule has 0 heterocycles. The van der Waals surface area contributed by atoms with E-state index in [1.54, 1.807) is 0 Å². The Balaban J connectivity index is 4.68. The topological polar surface area (TPSA) is 29.3 Å². The fourth-order valence-electron chi connectivity index (χ4n) is 0.622. The van der Waals surface area contributed by atoms with Crippen molar-refractivity contribution in [1.82, 2.24) is 4.90 Å². The third kappa shape index (κ3) is 3.20. The third-order valence-electron chi connectivity index (χ3n) is 1.20. The Kier molecular flexibility index (Phi) is 4.95. The van der Waals surface area contributed by atoms with E-state index >= 15 is 0 Å². The van der Waals surface area contributed by atoms with Gasteiger partial charge in [0.15, 0.2) is 5.11 Å². The number of halogens is 6. The van der Waals surface area contributed by atoms with Gasteiger partial charge < -0.3 is 5.73 Å². The van der Waals surface area contributed by atoms with E-state index in [0.717, 1.165) is 0 Å². The van der Waals surface area contributed by atoms with E-state index in [-0.39, 0.29) is 0 Å². The predicted octanol–water partition coefficient (Wildman–Crippen LogP) is 1.65. The molecule has 84 valence electrons. The first kappa shape index (κ1) is 13.3. The second-order valence-corrected chi connectivity index (χ2v) is 2.58. The van der Waals surface area contributed by atoms with E-state index in [9.17, 15) is 26.3 Å². The van der Waals surface area contributed by atoms with Crippen molar-refractivity contribution in [2.45, 2.75) is 25.4 Å². The van der Waals surface area contributed by atoms with Crippen molar-refractivity contribution in [3.63, 3.8) is 0 Å². The summed E-state index contributed by atoms with van der Waals surface area (Å²) in [5, 5.41) is -1.19. The lowest BCUT2D eigenvalue weighted by Gasteiger charge is -2.28. The zero-order chi connectivity index (χ0) is 11.5. The van der Waals surface area contributed by atoms with E-state index in [0.29, 0.717) is 0 Å². The molecule has 0 spiro atoms. The highest BCUT2D eigenvalue weighted by Crippen LogP contribution is 2.19. The number of hydrogen-bond donors (Lipinski definition) is 1. The first-order chi connectivity index (χ1) is 6.29. The summed E-state index contributed by atoms with van der Waals surface area (Å²) in [6.07, 6.45) is -13.9. The molecule has 0 aliphatic rings. The molecule has 0 bridgehead atoms. The molecule has 14 heavy (non-hydrogen) atoms. The van der Waals surface area contributed by atoms with Crippen molar-refractivity contribution in [2.75, 3.05) is 0 Å². The molecule has 9 heteroatoms. The average Bonchev–Trinajstić information content (AvgIpc) is 2.03. The molecule has 2 N–H and O–H groups in total. The Bertz CT molecular complexity index is 187. The zero-order valence-corrected chi connectivity index (χ0v) is 7.33. The molecule has 0 aliphatic heterocycles. The number of nitrogens with zero attached hydrogens (tertiary/aromatic N) is 1. The van der Waals surface area contributed by atoms with Gasteiger partial charge in [0.25, 0.3) is 12.9 Å². The molecule has 0 amide bonds. The van der Waals surface area contributed by atoms with Crippen LogP contribution in [0.1, 0.15) is 0 Å². The Labute approximate surface area is 80.7 Å². The monoisotopic (exact) mass is 240 g/mol. The highest BCUT2D eigenvalue weighted by molar-refractivity contribution is 7.80. The molecule has 0 fully saturated rings. The smallest absolute Gasteiger partial charge is 0.287 e. The van der Waals surface area contributed by atoms with Crippen LogP contribution >= 0.6 is 12.2 Å². The standard InChI is InChI=1S/C5H6F6N2S/c6-1(7)3(10)13(5(12)14)4(11)2(8)9/h1-4H,(H2,12,14). The van der Waals surface area contributed by atoms with Crippen molar-refractivity contribution in [3.05, 3.63) is 0 Å². The Morgan fingerprint density at radius 1 is 0.929 bits per heavy atom. The van der Waals surface area contributed by atoms with Crippen molar-refractivity contribution in [2.24, 2.45) is 5.73 Å². The quantitative estimate of drug-likeness (QED) is 0.460. The lowest BCUT2D eigenvalue weighted by atomic mass is 10.4. The van der Waals surface area contributed by atoms with Gasteiger partial charge in [0, 0.05) is 0 Å². The number of hydrogen-bond acceptors (Lipinski definition) is 1. The molecule has 0 aromatic heterocycles. The molecule has 2 unspecified atom stereocenters. The van der Waals surface area contributed by atoms with Gasteiger partial charge in [0.05, 0.1) is 0 Å². The van der Waals surface area contributed by atoms with Crippen molar-refractivity contribution >= 4 is 17.3 Å². The van der Waals surface area contributed by atoms with Gasteiger partial charge in [-0.05, 0) is 12.2 Å². The minimum atomic E-state index is -3.67. The molecule has 0 saturated heterocycles. The van der Waals surface area contributed by atoms with Crippen LogP contribution in [0.25, 0.3) is 0 Å². The highest BCUT2D eigenvalue weighted by atomic mass is 32.1. The predicted molar refractivity (Wildman–Crippen MR) is 40.4 cm³/mol. The fraction of sp³-hybridized carbons (Fsp3) is 0.800. The van der Waals surface area contributed by atoms with E-state index in [2.05, 4.69) is 18.0 Å². The van der Waals surface area contributed by atoms with Crippen LogP contribution in [-0.4, -0.2) is 35.5 Å². The lowest BCUT2D eigenvalue weighted by Crippen LogP contribution is -2.51. The molecule has 0 aromatic carbocycles. The Morgan fingerprint density at radius 2 is 1.21 bits per heavy atom. The van der Waals surface area contributed by atoms with Gasteiger partial charge in [-0.2, -0.15) is 0 Å². The SMILES string of the molecule is NC(=S)N(C(F)C(F)F)C(F)C(F)F. The van der Waals surface area contributed by atoms with Crippen molar-refractivity contribution in [3.8, 4) is 0 Å². The number of nitrogens with two attached hydrogens (primary N) is 1. The third-order valence-corrected chi connectivity index (χ3v) is 1.41. The molecule has 0 aliphatic carbocycles. The molecule has 0 radical (unpaired) electrons. The van der Waals surface area contributed by atoms with Gasteiger partial charge in [-0.25, -0.2) is 26.3 Å². The Morgan fingerprint density at radius 3 is 1.36 bits per heavy atom. The van der Waals surface area contributed by atoms with Gasteiger partial charge >= 0.3 is 0 Å². The minimum absolute atomic E-state index is 0.676. The summed E-state index contributed by atoms with van der Waals surface area (Å²) in [4.78, 5) is -0.676. The molecule has 0 aromatic rings. The minimum Gasteiger partial charge on any atom is -0.376 e. The highest BCUT2D eigenvalue weighted by Gasteiger charge is 2.38. The maximum absolute atomic E-state index is 12.5. The zero-order valence-electron chi connectivity index (χ0n) is 6.51. The number of alkyl halides is 6. The van der Waals surface area contributed by atoms with E-state index in [1.165, 1.54) is 0 Å². The fourth-order valence-corrected chi connectivity index (χ4v) is 0.823. The van der Waals surface area contributed by atoms with Gasteiger partial charge in [-0.3, -0.25) is 4.90 Å². The molecule has 2 atom stereocenters. The summed E-state index contributed by atoms with van der Waals surface area (Å²) in [5.41, 5.74) is 4.62. The maximum atomic E-state index is 12.5. The van der Waals surface area contributed by atoms with Gasteiger partial charge in [-0.15, -0.1) is 0 Å². The van der Waals surface area contributed by atoms with Crippen LogP contribution in [0, 0.1) is 0 Å². The molecule has 0 saturated carbocycles. The van der Waals surface area contributed by atoms with Crippen molar-refractivity contribution < 1.29 is 26.3 Å². The summed E-state index contributed by atoms with van der Waals surface area (Å²) in [6.45, 7) is 0. The van der Waals surface area contributed by atoms with Crippen LogP contribution in [0.5, 0.6) is 0 Å². The van der Waals surface area contributed by atoms with Crippen LogP contribution in [-0.2, 0) is 0 Å². The largest absolute Gasteiger partial charge is 0.376 e. The number of rotatable bonds is 4. The molecular weight excluding hydrogens is 234 g/mol. The first-order valence-electron chi connectivity index (χ1n) is 3.21. The van der Waals surface area contributed by atoms with Crippen LogP contribution in [0.4, 0.5) is 26.3 Å². The van der Waals surface area contributed by atoms with Crippen LogP contribution < -0.4 is 5.73 Å². The summed E-state index contributed by atoms with van der Waals surface area (Å²) >= 11 is 3.96. The molecule has 2 nitrogen and oxygen atoms in total. The second-order valence-electron chi connectivity index (χ2n) is 2.16. The average molecular weight is 240 g/mol. The summed E-state index contributed by atoms with van der Waals surface area (Å²) in [7, 11) is 0. The molecule has 0 rings (SSSR count). The van der Waals surface area contributed by atoms with Gasteiger partial charge in [-0.1, -0.05) is 0 Å². The summed E-state index contributed by atoms with van der Waals surface area (Å²) in [5.74, 6) is 0. The maximum Gasteiger partial charge on any atom is 0.287 e. The second kappa shape index (κ2) is 5.23.